The molecule has 0 aliphatic rings. The van der Waals surface area contributed by atoms with Crippen molar-refractivity contribution in [3.8, 4) is 11.5 Å². The highest BCUT2D eigenvalue weighted by atomic mass is 16.4. The van der Waals surface area contributed by atoms with Gasteiger partial charge >= 0.3 is 5.97 Å². The molecule has 0 bridgehead atoms. The zero-order valence-electron chi connectivity index (χ0n) is 11.1. The number of phenolic OH excluding ortho intramolecular Hbond substituents is 2. The highest BCUT2D eigenvalue weighted by Gasteiger charge is 2.17. The fourth-order valence-electron chi connectivity index (χ4n) is 1.99. The topological polar surface area (TPSA) is 94.8 Å². The highest BCUT2D eigenvalue weighted by Crippen LogP contribution is 2.26. The minimum absolute atomic E-state index is 0.0494. The third kappa shape index (κ3) is 3.39. The average Bonchev–Trinajstić information content (AvgIpc) is 2.45. The van der Waals surface area contributed by atoms with Crippen LogP contribution in [0.2, 0.25) is 0 Å². The quantitative estimate of drug-likeness (QED) is 0.733. The molecule has 0 fully saturated rings. The molecule has 0 aromatic heterocycles. The van der Waals surface area contributed by atoms with Crippen LogP contribution in [0.25, 0.3) is 0 Å². The Kier molecular flexibility index (Phi) is 4.23. The zero-order chi connectivity index (χ0) is 15.4. The van der Waals surface area contributed by atoms with Gasteiger partial charge in [-0.25, -0.2) is 0 Å². The second-order valence-electron chi connectivity index (χ2n) is 4.59. The third-order valence-electron chi connectivity index (χ3n) is 3.08. The Hall–Kier alpha value is -2.82. The lowest BCUT2D eigenvalue weighted by atomic mass is 9.99. The fraction of sp³-hybridized carbons (Fsp3) is 0.125. The number of para-hydroxylation sites is 1. The molecule has 0 saturated heterocycles. The maximum atomic E-state index is 12.3. The fourth-order valence-corrected chi connectivity index (χ4v) is 1.99. The van der Waals surface area contributed by atoms with Gasteiger partial charge in [0.05, 0.1) is 11.1 Å². The number of carbonyl (C=O) groups excluding carboxylic acids is 1. The number of benzene rings is 2. The summed E-state index contributed by atoms with van der Waals surface area (Å²) in [4.78, 5) is 22.8. The number of aromatic hydroxyl groups is 2. The number of carboxylic acid groups (broad SMARTS) is 1. The molecule has 2 aromatic carbocycles. The van der Waals surface area contributed by atoms with Gasteiger partial charge in [0.1, 0.15) is 11.5 Å². The van der Waals surface area contributed by atoms with E-state index in [1.165, 1.54) is 24.3 Å². The Morgan fingerprint density at radius 3 is 2.19 bits per heavy atom. The summed E-state index contributed by atoms with van der Waals surface area (Å²) in [5.41, 5.74) is 0.797. The van der Waals surface area contributed by atoms with Gasteiger partial charge in [-0.15, -0.1) is 0 Å². The van der Waals surface area contributed by atoms with E-state index in [1.807, 2.05) is 0 Å². The molecular weight excluding hydrogens is 272 g/mol. The molecule has 0 amide bonds. The second kappa shape index (κ2) is 6.09. The summed E-state index contributed by atoms with van der Waals surface area (Å²) in [5.74, 6) is -1.80. The van der Waals surface area contributed by atoms with Gasteiger partial charge < -0.3 is 15.3 Å². The van der Waals surface area contributed by atoms with Crippen LogP contribution >= 0.6 is 0 Å². The van der Waals surface area contributed by atoms with Gasteiger partial charge in [-0.2, -0.15) is 0 Å². The van der Waals surface area contributed by atoms with E-state index in [0.29, 0.717) is 5.56 Å². The van der Waals surface area contributed by atoms with E-state index in [-0.39, 0.29) is 35.5 Å². The van der Waals surface area contributed by atoms with Crippen molar-refractivity contribution in [3.63, 3.8) is 0 Å². The summed E-state index contributed by atoms with van der Waals surface area (Å²) in [5, 5.41) is 28.2. The van der Waals surface area contributed by atoms with Gasteiger partial charge in [0.2, 0.25) is 0 Å². The lowest BCUT2D eigenvalue weighted by Gasteiger charge is -2.07. The van der Waals surface area contributed by atoms with Gasteiger partial charge in [0, 0.05) is 6.42 Å². The average molecular weight is 286 g/mol. The van der Waals surface area contributed by atoms with E-state index in [0.717, 1.165) is 0 Å². The van der Waals surface area contributed by atoms with Gasteiger partial charge in [0.15, 0.2) is 5.78 Å². The first-order valence-corrected chi connectivity index (χ1v) is 6.35. The summed E-state index contributed by atoms with van der Waals surface area (Å²) < 4.78 is 0. The molecule has 0 heterocycles. The molecule has 0 saturated carbocycles. The summed E-state index contributed by atoms with van der Waals surface area (Å²) in [6.45, 7) is 0. The first-order valence-electron chi connectivity index (χ1n) is 6.35. The minimum Gasteiger partial charge on any atom is -0.507 e. The summed E-state index contributed by atoms with van der Waals surface area (Å²) >= 11 is 0. The molecule has 21 heavy (non-hydrogen) atoms. The number of carboxylic acids is 1. The molecule has 3 N–H and O–H groups in total. The monoisotopic (exact) mass is 286 g/mol. The molecular formula is C16H14O5. The SMILES string of the molecule is O=C(O)CCc1ccc(C(=O)c2ccccc2O)c(O)c1. The van der Waals surface area contributed by atoms with E-state index in [2.05, 4.69) is 0 Å². The van der Waals surface area contributed by atoms with Crippen LogP contribution in [-0.4, -0.2) is 27.1 Å². The zero-order valence-corrected chi connectivity index (χ0v) is 11.1. The summed E-state index contributed by atoms with van der Waals surface area (Å²) in [7, 11) is 0. The first-order chi connectivity index (χ1) is 9.99. The number of carbonyl (C=O) groups is 2. The maximum Gasteiger partial charge on any atom is 0.303 e. The van der Waals surface area contributed by atoms with Crippen LogP contribution in [0.4, 0.5) is 0 Å². The number of hydrogen-bond acceptors (Lipinski definition) is 4. The van der Waals surface area contributed by atoms with E-state index >= 15 is 0 Å². The minimum atomic E-state index is -0.927. The van der Waals surface area contributed by atoms with Crippen molar-refractivity contribution >= 4 is 11.8 Å². The molecule has 2 aromatic rings. The molecule has 0 atom stereocenters. The van der Waals surface area contributed by atoms with E-state index in [4.69, 9.17) is 5.11 Å². The Bertz CT molecular complexity index is 691. The van der Waals surface area contributed by atoms with Crippen molar-refractivity contribution < 1.29 is 24.9 Å². The first kappa shape index (κ1) is 14.6. The Labute approximate surface area is 121 Å². The lowest BCUT2D eigenvalue weighted by Crippen LogP contribution is -2.03. The van der Waals surface area contributed by atoms with Crippen LogP contribution in [0.3, 0.4) is 0 Å². The van der Waals surface area contributed by atoms with Crippen LogP contribution in [0.5, 0.6) is 11.5 Å². The lowest BCUT2D eigenvalue weighted by molar-refractivity contribution is -0.136. The molecule has 0 unspecified atom stereocenters. The van der Waals surface area contributed by atoms with Gasteiger partial charge in [-0.3, -0.25) is 9.59 Å². The largest absolute Gasteiger partial charge is 0.507 e. The van der Waals surface area contributed by atoms with Crippen LogP contribution < -0.4 is 0 Å². The number of rotatable bonds is 5. The maximum absolute atomic E-state index is 12.3. The molecule has 108 valence electrons. The smallest absolute Gasteiger partial charge is 0.303 e. The number of aryl methyl sites for hydroxylation is 1. The van der Waals surface area contributed by atoms with E-state index < -0.39 is 11.8 Å². The third-order valence-corrected chi connectivity index (χ3v) is 3.08. The molecule has 5 nitrogen and oxygen atoms in total. The van der Waals surface area contributed by atoms with E-state index in [9.17, 15) is 19.8 Å². The predicted molar refractivity (Wildman–Crippen MR) is 75.6 cm³/mol. The molecule has 0 aliphatic heterocycles. The van der Waals surface area contributed by atoms with E-state index in [1.54, 1.807) is 18.2 Å². The Morgan fingerprint density at radius 1 is 0.905 bits per heavy atom. The van der Waals surface area contributed by atoms with Crippen LogP contribution in [-0.2, 0) is 11.2 Å². The van der Waals surface area contributed by atoms with Crippen molar-refractivity contribution in [2.75, 3.05) is 0 Å². The van der Waals surface area contributed by atoms with Gasteiger partial charge in [-0.05, 0) is 36.2 Å². The number of aliphatic carboxylic acids is 1. The highest BCUT2D eigenvalue weighted by molar-refractivity contribution is 6.12. The number of ketones is 1. The second-order valence-corrected chi connectivity index (χ2v) is 4.59. The van der Waals surface area contributed by atoms with Crippen molar-refractivity contribution in [3.05, 3.63) is 59.2 Å². The Balaban J connectivity index is 2.27. The summed E-state index contributed by atoms with van der Waals surface area (Å²) in [6.07, 6.45) is 0.222. The normalized spacial score (nSPS) is 10.3. The molecule has 2 rings (SSSR count). The molecule has 0 spiro atoms. The van der Waals surface area contributed by atoms with Crippen molar-refractivity contribution in [2.24, 2.45) is 0 Å². The van der Waals surface area contributed by atoms with Gasteiger partial charge in [0.25, 0.3) is 0 Å². The Morgan fingerprint density at radius 2 is 1.57 bits per heavy atom. The summed E-state index contributed by atoms with van der Waals surface area (Å²) in [6, 6.07) is 10.5. The molecule has 5 heteroatoms. The van der Waals surface area contributed by atoms with Crippen LogP contribution in [0, 0.1) is 0 Å². The van der Waals surface area contributed by atoms with Crippen LogP contribution in [0.15, 0.2) is 42.5 Å². The van der Waals surface area contributed by atoms with Crippen molar-refractivity contribution in [1.29, 1.82) is 0 Å². The van der Waals surface area contributed by atoms with Gasteiger partial charge in [-0.1, -0.05) is 18.2 Å². The number of hydrogen-bond donors (Lipinski definition) is 3. The predicted octanol–water partition coefficient (Wildman–Crippen LogP) is 2.35. The van der Waals surface area contributed by atoms with Crippen molar-refractivity contribution in [2.45, 2.75) is 12.8 Å². The number of phenols is 2. The van der Waals surface area contributed by atoms with Crippen molar-refractivity contribution in [1.82, 2.24) is 0 Å². The standard InChI is InChI=1S/C16H14O5/c17-13-4-2-1-3-11(13)16(21)12-7-5-10(9-14(12)18)6-8-15(19)20/h1-5,7,9,17-18H,6,8H2,(H,19,20). The molecule has 0 radical (unpaired) electrons. The molecule has 0 aliphatic carbocycles. The van der Waals surface area contributed by atoms with Crippen LogP contribution in [0.1, 0.15) is 27.9 Å².